The number of thioether (sulfide) groups is 4. The molecule has 422 valence electrons. The summed E-state index contributed by atoms with van der Waals surface area (Å²) in [5, 5.41) is 0. The molecule has 0 amide bonds. The van der Waals surface area contributed by atoms with E-state index in [0.717, 1.165) is 77.4 Å². The van der Waals surface area contributed by atoms with Crippen molar-refractivity contribution in [3.63, 3.8) is 0 Å². The van der Waals surface area contributed by atoms with E-state index in [1.807, 2.05) is 0 Å². The lowest BCUT2D eigenvalue weighted by molar-refractivity contribution is -0.212. The average molecular weight is 1080 g/mol. The SMILES string of the molecule is CCCCCCCCSC(CCC(=O)OCC12CC3CC(COC(=O)CCCN(CC)CC)(C1)CC(COC(=O)CCC(SCCCCCCCC)SCCCCCCCC)(C3)C2)SCCCCCCCC. The number of nitrogens with zero attached hydrogens (tertiary/aromatic N) is 1. The Labute approximate surface area is 462 Å². The van der Waals surface area contributed by atoms with Crippen molar-refractivity contribution in [2.75, 3.05) is 62.5 Å². The third-order valence-electron chi connectivity index (χ3n) is 16.2. The lowest BCUT2D eigenvalue weighted by Gasteiger charge is -2.66. The van der Waals surface area contributed by atoms with Gasteiger partial charge in [0.2, 0.25) is 0 Å². The third-order valence-corrected chi connectivity index (χ3v) is 22.3. The molecular formula is C61H113NO6S4. The van der Waals surface area contributed by atoms with Crippen LogP contribution in [0.15, 0.2) is 0 Å². The van der Waals surface area contributed by atoms with Crippen LogP contribution in [0.1, 0.15) is 273 Å². The smallest absolute Gasteiger partial charge is 0.305 e. The van der Waals surface area contributed by atoms with E-state index in [4.69, 9.17) is 14.2 Å². The zero-order valence-electron chi connectivity index (χ0n) is 47.8. The maximum Gasteiger partial charge on any atom is 0.305 e. The van der Waals surface area contributed by atoms with Crippen LogP contribution in [0.2, 0.25) is 0 Å². The number of esters is 3. The molecule has 0 aromatic carbocycles. The molecule has 0 spiro atoms. The second-order valence-corrected chi connectivity index (χ2v) is 29.0. The van der Waals surface area contributed by atoms with Crippen LogP contribution < -0.4 is 0 Å². The largest absolute Gasteiger partial charge is 0.465 e. The Morgan fingerprint density at radius 1 is 0.417 bits per heavy atom. The number of unbranched alkanes of at least 4 members (excludes halogenated alkanes) is 20. The highest BCUT2D eigenvalue weighted by Gasteiger charge is 2.64. The molecule has 2 unspecified atom stereocenters. The molecule has 4 fully saturated rings. The van der Waals surface area contributed by atoms with Crippen LogP contribution >= 0.6 is 47.0 Å². The van der Waals surface area contributed by atoms with E-state index in [0.29, 0.717) is 54.2 Å². The van der Waals surface area contributed by atoms with Crippen molar-refractivity contribution in [1.29, 1.82) is 0 Å². The predicted molar refractivity (Wildman–Crippen MR) is 318 cm³/mol. The molecule has 4 saturated carbocycles. The fourth-order valence-corrected chi connectivity index (χ4v) is 18.3. The van der Waals surface area contributed by atoms with Crippen LogP contribution in [0.25, 0.3) is 0 Å². The van der Waals surface area contributed by atoms with Gasteiger partial charge in [-0.15, -0.1) is 47.0 Å². The Morgan fingerprint density at radius 3 is 1.01 bits per heavy atom. The van der Waals surface area contributed by atoms with Gasteiger partial charge in [-0.05, 0) is 132 Å². The lowest BCUT2D eigenvalue weighted by Crippen LogP contribution is -2.61. The molecule has 0 aromatic heterocycles. The highest BCUT2D eigenvalue weighted by atomic mass is 32.2. The van der Waals surface area contributed by atoms with Crippen LogP contribution in [-0.2, 0) is 28.6 Å². The minimum atomic E-state index is -0.180. The molecule has 7 nitrogen and oxygen atoms in total. The summed E-state index contributed by atoms with van der Waals surface area (Å²) in [6, 6.07) is 0. The summed E-state index contributed by atoms with van der Waals surface area (Å²) < 4.78 is 19.9. The molecule has 0 radical (unpaired) electrons. The minimum absolute atomic E-state index is 0.0662. The zero-order valence-corrected chi connectivity index (χ0v) is 51.1. The summed E-state index contributed by atoms with van der Waals surface area (Å²) in [6.45, 7) is 17.6. The van der Waals surface area contributed by atoms with Gasteiger partial charge in [-0.2, -0.15) is 0 Å². The summed E-state index contributed by atoms with van der Waals surface area (Å²) in [4.78, 5) is 43.2. The molecule has 2 atom stereocenters. The molecule has 4 aliphatic carbocycles. The molecule has 0 N–H and O–H groups in total. The topological polar surface area (TPSA) is 82.1 Å². The van der Waals surface area contributed by atoms with Crippen LogP contribution in [0.5, 0.6) is 0 Å². The molecule has 0 aromatic rings. The third kappa shape index (κ3) is 28.9. The first-order valence-electron chi connectivity index (χ1n) is 30.7. The normalized spacial score (nSPS) is 21.4. The fourth-order valence-electron chi connectivity index (χ4n) is 12.7. The number of carbonyl (C=O) groups is 3. The summed E-state index contributed by atoms with van der Waals surface area (Å²) in [5.74, 6) is 4.90. The second-order valence-electron chi connectivity index (χ2n) is 23.1. The first-order valence-corrected chi connectivity index (χ1v) is 34.9. The maximum atomic E-state index is 13.8. The van der Waals surface area contributed by atoms with Crippen molar-refractivity contribution < 1.29 is 28.6 Å². The Hall–Kier alpha value is -0.230. The van der Waals surface area contributed by atoms with Gasteiger partial charge in [0, 0.05) is 35.5 Å². The van der Waals surface area contributed by atoms with Crippen molar-refractivity contribution in [3.05, 3.63) is 0 Å². The quantitative estimate of drug-likeness (QED) is 0.0253. The lowest BCUT2D eigenvalue weighted by atomic mass is 9.40. The number of rotatable bonds is 50. The van der Waals surface area contributed by atoms with E-state index < -0.39 is 0 Å². The molecular weight excluding hydrogens is 971 g/mol. The van der Waals surface area contributed by atoms with Gasteiger partial charge in [-0.1, -0.05) is 170 Å². The number of hydrogen-bond acceptors (Lipinski definition) is 11. The monoisotopic (exact) mass is 1080 g/mol. The highest BCUT2D eigenvalue weighted by molar-refractivity contribution is 8.17. The number of carbonyl (C=O) groups excluding carboxylic acids is 3. The van der Waals surface area contributed by atoms with E-state index in [2.05, 4.69) is 93.5 Å². The Kier molecular flexibility index (Phi) is 37.5. The van der Waals surface area contributed by atoms with E-state index in [9.17, 15) is 14.4 Å². The van der Waals surface area contributed by atoms with Gasteiger partial charge in [0.05, 0.1) is 29.0 Å². The van der Waals surface area contributed by atoms with Gasteiger partial charge in [-0.3, -0.25) is 14.4 Å². The standard InChI is InChI=1S/C61H113NO6S4/c1-7-13-17-21-25-29-40-69-57(70-41-30-26-22-18-14-8-2)37-35-55(64)67-51-60-45-53-44-59(47-60,50-66-54(63)34-33-39-62(11-5)12-6)48-61(46-53,49-60)52-68-56(65)36-38-58(71-42-31-27-23-19-15-9-3)72-43-32-28-24-20-16-10-4/h53,57-58H,7-52H2,1-6H3. The van der Waals surface area contributed by atoms with Crippen molar-refractivity contribution in [2.24, 2.45) is 22.2 Å². The Balaban J connectivity index is 1.64. The van der Waals surface area contributed by atoms with E-state index in [1.54, 1.807) is 0 Å². The maximum absolute atomic E-state index is 13.8. The molecule has 0 saturated heterocycles. The molecule has 0 heterocycles. The fraction of sp³-hybridized carbons (Fsp3) is 0.951. The van der Waals surface area contributed by atoms with Crippen LogP contribution in [0.4, 0.5) is 0 Å². The molecule has 4 aliphatic rings. The van der Waals surface area contributed by atoms with Crippen LogP contribution in [0, 0.1) is 22.2 Å². The van der Waals surface area contributed by atoms with Gasteiger partial charge in [-0.25, -0.2) is 0 Å². The van der Waals surface area contributed by atoms with Gasteiger partial charge in [0.25, 0.3) is 0 Å². The van der Waals surface area contributed by atoms with Gasteiger partial charge < -0.3 is 19.1 Å². The van der Waals surface area contributed by atoms with E-state index in [-0.39, 0.29) is 34.2 Å². The van der Waals surface area contributed by atoms with E-state index >= 15 is 0 Å². The first kappa shape index (κ1) is 66.1. The molecule has 72 heavy (non-hydrogen) atoms. The summed E-state index contributed by atoms with van der Waals surface area (Å²) >= 11 is 8.29. The summed E-state index contributed by atoms with van der Waals surface area (Å²) in [5.41, 5.74) is -0.537. The Morgan fingerprint density at radius 2 is 0.708 bits per heavy atom. The second kappa shape index (κ2) is 40.9. The molecule has 4 rings (SSSR count). The Bertz CT molecular complexity index is 1270. The zero-order chi connectivity index (χ0) is 52.0. The molecule has 11 heteroatoms. The number of hydrogen-bond donors (Lipinski definition) is 0. The first-order chi connectivity index (χ1) is 35.1. The highest BCUT2D eigenvalue weighted by Crippen LogP contribution is 2.70. The van der Waals surface area contributed by atoms with Gasteiger partial charge >= 0.3 is 17.9 Å². The van der Waals surface area contributed by atoms with Crippen LogP contribution in [-0.4, -0.2) is 94.4 Å². The summed E-state index contributed by atoms with van der Waals surface area (Å²) in [7, 11) is 0. The minimum Gasteiger partial charge on any atom is -0.465 e. The van der Waals surface area contributed by atoms with Crippen LogP contribution in [0.3, 0.4) is 0 Å². The molecule has 0 aliphatic heterocycles. The van der Waals surface area contributed by atoms with Gasteiger partial charge in [0.15, 0.2) is 0 Å². The molecule has 4 bridgehead atoms. The van der Waals surface area contributed by atoms with Crippen molar-refractivity contribution in [3.8, 4) is 0 Å². The predicted octanol–water partition coefficient (Wildman–Crippen LogP) is 18.3. The van der Waals surface area contributed by atoms with Crippen molar-refractivity contribution in [1.82, 2.24) is 4.90 Å². The average Bonchev–Trinajstić information content (AvgIpc) is 3.37. The summed E-state index contributed by atoms with van der Waals surface area (Å²) in [6.07, 6.45) is 41.2. The van der Waals surface area contributed by atoms with Gasteiger partial charge in [0.1, 0.15) is 0 Å². The van der Waals surface area contributed by atoms with E-state index in [1.165, 1.54) is 177 Å². The number of ether oxygens (including phenoxy) is 3. The van der Waals surface area contributed by atoms with Crippen molar-refractivity contribution in [2.45, 2.75) is 282 Å². The van der Waals surface area contributed by atoms with Crippen molar-refractivity contribution >= 4 is 65.0 Å².